The minimum absolute atomic E-state index is 0.242. The van der Waals surface area contributed by atoms with Crippen LogP contribution in [0.1, 0.15) is 32.9 Å². The minimum atomic E-state index is -0.547. The molecule has 1 aromatic heterocycles. The smallest absolute Gasteiger partial charge is 0.269 e. The van der Waals surface area contributed by atoms with E-state index in [1.807, 2.05) is 42.5 Å². The normalized spacial score (nSPS) is 17.7. The maximum atomic E-state index is 11.9. The van der Waals surface area contributed by atoms with Crippen molar-refractivity contribution in [2.75, 3.05) is 14.2 Å². The number of amides is 1. The van der Waals surface area contributed by atoms with Gasteiger partial charge in [0.05, 0.1) is 12.8 Å². The Morgan fingerprint density at radius 1 is 1.14 bits per heavy atom. The third-order valence-electron chi connectivity index (χ3n) is 5.44. The average Bonchev–Trinajstić information content (AvgIpc) is 3.12. The highest BCUT2D eigenvalue weighted by Crippen LogP contribution is 2.43. The summed E-state index contributed by atoms with van der Waals surface area (Å²) in [6.45, 7) is 0.242. The minimum Gasteiger partial charge on any atom is -0.497 e. The summed E-state index contributed by atoms with van der Waals surface area (Å²) in [7, 11) is 3.26. The second-order valence-corrected chi connectivity index (χ2v) is 7.07. The van der Waals surface area contributed by atoms with Gasteiger partial charge in [-0.05, 0) is 23.3 Å². The molecule has 29 heavy (non-hydrogen) atoms. The molecule has 0 radical (unpaired) electrons. The molecule has 0 spiro atoms. The number of allylic oxidation sites excluding steroid dienone is 1. The van der Waals surface area contributed by atoms with Crippen LogP contribution in [0.2, 0.25) is 0 Å². The highest BCUT2D eigenvalue weighted by Gasteiger charge is 2.38. The number of primary amides is 1. The summed E-state index contributed by atoms with van der Waals surface area (Å²) in [5, 5.41) is 4.41. The van der Waals surface area contributed by atoms with Crippen molar-refractivity contribution < 1.29 is 14.3 Å². The fraction of sp³-hybridized carbons (Fsp3) is 0.217. The van der Waals surface area contributed by atoms with Crippen LogP contribution in [0.5, 0.6) is 5.75 Å². The molecule has 0 aliphatic heterocycles. The molecule has 0 fully saturated rings. The van der Waals surface area contributed by atoms with Crippen LogP contribution in [-0.4, -0.2) is 29.9 Å². The number of ether oxygens (including phenoxy) is 2. The van der Waals surface area contributed by atoms with Crippen LogP contribution >= 0.6 is 0 Å². The van der Waals surface area contributed by atoms with Crippen molar-refractivity contribution in [2.24, 2.45) is 5.73 Å². The molecule has 1 amide bonds. The topological polar surface area (TPSA) is 79.4 Å². The van der Waals surface area contributed by atoms with E-state index in [-0.39, 0.29) is 12.4 Å². The van der Waals surface area contributed by atoms with Gasteiger partial charge in [-0.25, -0.2) is 4.68 Å². The van der Waals surface area contributed by atoms with Crippen LogP contribution in [0.25, 0.3) is 6.08 Å². The number of rotatable bonds is 6. The average molecular weight is 389 g/mol. The van der Waals surface area contributed by atoms with E-state index in [0.29, 0.717) is 6.42 Å². The summed E-state index contributed by atoms with van der Waals surface area (Å²) >= 11 is 0. The highest BCUT2D eigenvalue weighted by atomic mass is 16.5. The molecule has 0 saturated heterocycles. The lowest BCUT2D eigenvalue weighted by molar-refractivity contribution is 0.0985. The Bertz CT molecular complexity index is 1070. The lowest BCUT2D eigenvalue weighted by Gasteiger charge is -2.35. The Morgan fingerprint density at radius 3 is 2.59 bits per heavy atom. The van der Waals surface area contributed by atoms with Gasteiger partial charge in [-0.1, -0.05) is 54.6 Å². The zero-order valence-corrected chi connectivity index (χ0v) is 16.5. The van der Waals surface area contributed by atoms with Crippen molar-refractivity contribution in [3.63, 3.8) is 0 Å². The Morgan fingerprint density at radius 2 is 1.90 bits per heavy atom. The van der Waals surface area contributed by atoms with E-state index in [9.17, 15) is 4.79 Å². The van der Waals surface area contributed by atoms with Crippen LogP contribution in [0.3, 0.4) is 0 Å². The maximum Gasteiger partial charge on any atom is 0.269 e. The maximum absolute atomic E-state index is 11.9. The van der Waals surface area contributed by atoms with Crippen molar-refractivity contribution in [2.45, 2.75) is 18.6 Å². The standard InChI is InChI=1S/C23H23N3O3/c1-28-15-26-20-14-23(16-7-4-3-5-8-16,17-9-6-10-18(13-17)29-2)12-11-19(20)21(25-26)22(24)27/h3-13H,14-15H2,1-2H3,(H2,24,27). The Hall–Kier alpha value is -3.38. The van der Waals surface area contributed by atoms with Gasteiger partial charge in [0.1, 0.15) is 12.5 Å². The van der Waals surface area contributed by atoms with Gasteiger partial charge < -0.3 is 15.2 Å². The number of methoxy groups -OCH3 is 2. The number of nitrogens with zero attached hydrogens (tertiary/aromatic N) is 2. The van der Waals surface area contributed by atoms with Crippen LogP contribution in [-0.2, 0) is 23.3 Å². The molecular weight excluding hydrogens is 366 g/mol. The first-order valence-corrected chi connectivity index (χ1v) is 9.37. The van der Waals surface area contributed by atoms with E-state index in [1.54, 1.807) is 18.9 Å². The molecule has 2 aromatic carbocycles. The number of carbonyl (C=O) groups excluding carboxylic acids is 1. The van der Waals surface area contributed by atoms with Gasteiger partial charge in [0.25, 0.3) is 5.91 Å². The highest BCUT2D eigenvalue weighted by molar-refractivity contribution is 5.95. The van der Waals surface area contributed by atoms with Crippen LogP contribution in [0.15, 0.2) is 60.7 Å². The molecule has 1 unspecified atom stereocenters. The zero-order chi connectivity index (χ0) is 20.4. The number of fused-ring (bicyclic) bond motifs is 1. The first-order valence-electron chi connectivity index (χ1n) is 9.37. The molecule has 1 aliphatic carbocycles. The zero-order valence-electron chi connectivity index (χ0n) is 16.5. The predicted molar refractivity (Wildman–Crippen MR) is 111 cm³/mol. The third kappa shape index (κ3) is 3.21. The molecule has 1 heterocycles. The van der Waals surface area contributed by atoms with Crippen molar-refractivity contribution in [1.29, 1.82) is 0 Å². The Kier molecular flexibility index (Phi) is 4.94. The summed E-state index contributed by atoms with van der Waals surface area (Å²) in [6, 6.07) is 18.3. The van der Waals surface area contributed by atoms with Crippen LogP contribution in [0, 0.1) is 0 Å². The van der Waals surface area contributed by atoms with E-state index in [4.69, 9.17) is 15.2 Å². The molecule has 3 aromatic rings. The van der Waals surface area contributed by atoms with Gasteiger partial charge in [0.2, 0.25) is 0 Å². The number of aromatic nitrogens is 2. The summed E-state index contributed by atoms with van der Waals surface area (Å²) in [5.74, 6) is 0.245. The number of nitrogens with two attached hydrogens (primary N) is 1. The lowest BCUT2D eigenvalue weighted by atomic mass is 9.68. The van der Waals surface area contributed by atoms with Crippen molar-refractivity contribution in [1.82, 2.24) is 9.78 Å². The van der Waals surface area contributed by atoms with E-state index < -0.39 is 11.3 Å². The van der Waals surface area contributed by atoms with Gasteiger partial charge in [-0.3, -0.25) is 4.79 Å². The molecular formula is C23H23N3O3. The van der Waals surface area contributed by atoms with E-state index in [2.05, 4.69) is 29.4 Å². The van der Waals surface area contributed by atoms with Crippen LogP contribution in [0.4, 0.5) is 0 Å². The lowest BCUT2D eigenvalue weighted by Crippen LogP contribution is -2.32. The monoisotopic (exact) mass is 389 g/mol. The molecule has 0 saturated carbocycles. The largest absolute Gasteiger partial charge is 0.497 e. The number of carbonyl (C=O) groups is 1. The molecule has 2 N–H and O–H groups in total. The second-order valence-electron chi connectivity index (χ2n) is 7.07. The SMILES string of the molecule is COCn1nc(C(N)=O)c2c1CC(c1ccccc1)(c1cccc(OC)c1)C=C2. The molecule has 1 aliphatic rings. The van der Waals surface area contributed by atoms with Crippen molar-refractivity contribution in [3.05, 3.63) is 88.8 Å². The Labute approximate surface area is 169 Å². The van der Waals surface area contributed by atoms with Gasteiger partial charge in [0.15, 0.2) is 5.69 Å². The quantitative estimate of drug-likeness (QED) is 0.702. The molecule has 1 atom stereocenters. The number of benzene rings is 2. The first-order chi connectivity index (χ1) is 14.1. The summed E-state index contributed by atoms with van der Waals surface area (Å²) in [6.07, 6.45) is 4.69. The third-order valence-corrected chi connectivity index (χ3v) is 5.44. The molecule has 148 valence electrons. The molecule has 6 heteroatoms. The summed E-state index contributed by atoms with van der Waals surface area (Å²) in [5.41, 5.74) is 9.29. The summed E-state index contributed by atoms with van der Waals surface area (Å²) < 4.78 is 12.5. The second kappa shape index (κ2) is 7.56. The van der Waals surface area contributed by atoms with Gasteiger partial charge >= 0.3 is 0 Å². The predicted octanol–water partition coefficient (Wildman–Crippen LogP) is 3.15. The van der Waals surface area contributed by atoms with Gasteiger partial charge in [-0.2, -0.15) is 5.10 Å². The van der Waals surface area contributed by atoms with Gasteiger partial charge in [-0.15, -0.1) is 0 Å². The van der Waals surface area contributed by atoms with Crippen molar-refractivity contribution in [3.8, 4) is 5.75 Å². The first kappa shape index (κ1) is 19.0. The van der Waals surface area contributed by atoms with Crippen molar-refractivity contribution >= 4 is 12.0 Å². The van der Waals surface area contributed by atoms with E-state index in [0.717, 1.165) is 28.1 Å². The van der Waals surface area contributed by atoms with E-state index >= 15 is 0 Å². The fourth-order valence-electron chi connectivity index (χ4n) is 4.03. The molecule has 6 nitrogen and oxygen atoms in total. The molecule has 0 bridgehead atoms. The number of hydrogen-bond donors (Lipinski definition) is 1. The Balaban J connectivity index is 1.93. The van der Waals surface area contributed by atoms with E-state index in [1.165, 1.54) is 0 Å². The fourth-order valence-corrected chi connectivity index (χ4v) is 4.03. The van der Waals surface area contributed by atoms with Crippen LogP contribution < -0.4 is 10.5 Å². The molecule has 4 rings (SSSR count). The number of hydrogen-bond acceptors (Lipinski definition) is 4. The van der Waals surface area contributed by atoms with Gasteiger partial charge in [0, 0.05) is 24.5 Å². The summed E-state index contributed by atoms with van der Waals surface area (Å²) in [4.78, 5) is 11.9.